The topological polar surface area (TPSA) is 96.9 Å². The second kappa shape index (κ2) is 3.25. The van der Waals surface area contributed by atoms with Crippen LogP contribution in [0.25, 0.3) is 0 Å². The molecule has 0 spiro atoms. The monoisotopic (exact) mass is 192 g/mol. The van der Waals surface area contributed by atoms with Crippen LogP contribution in [0, 0.1) is 0 Å². The lowest BCUT2D eigenvalue weighted by molar-refractivity contribution is 0.102. The SMILES string of the molecule is Nc1c[nH]c(C(=O)Nc2cnoc2)c1. The summed E-state index contributed by atoms with van der Waals surface area (Å²) in [5, 5.41) is 6.02. The van der Waals surface area contributed by atoms with Gasteiger partial charge in [0.05, 0.1) is 6.20 Å². The van der Waals surface area contributed by atoms with Crippen molar-refractivity contribution in [3.63, 3.8) is 0 Å². The van der Waals surface area contributed by atoms with Gasteiger partial charge >= 0.3 is 0 Å². The van der Waals surface area contributed by atoms with Crippen LogP contribution in [0.4, 0.5) is 11.4 Å². The number of carbonyl (C=O) groups excluding carboxylic acids is 1. The van der Waals surface area contributed by atoms with Gasteiger partial charge in [0.15, 0.2) is 0 Å². The summed E-state index contributed by atoms with van der Waals surface area (Å²) in [6.07, 6.45) is 4.29. The predicted molar refractivity (Wildman–Crippen MR) is 49.7 cm³/mol. The average molecular weight is 192 g/mol. The molecule has 6 nitrogen and oxygen atoms in total. The zero-order valence-corrected chi connectivity index (χ0v) is 7.15. The number of hydrogen-bond acceptors (Lipinski definition) is 4. The van der Waals surface area contributed by atoms with Crippen LogP contribution in [0.1, 0.15) is 10.5 Å². The Morgan fingerprint density at radius 1 is 1.64 bits per heavy atom. The zero-order chi connectivity index (χ0) is 9.97. The third-order valence-corrected chi connectivity index (χ3v) is 1.64. The molecule has 14 heavy (non-hydrogen) atoms. The summed E-state index contributed by atoms with van der Waals surface area (Å²) >= 11 is 0. The number of aromatic nitrogens is 2. The number of rotatable bonds is 2. The number of amides is 1. The molecule has 2 aromatic rings. The number of nitrogens with one attached hydrogen (secondary N) is 2. The van der Waals surface area contributed by atoms with E-state index in [-0.39, 0.29) is 5.91 Å². The molecule has 0 saturated heterocycles. The highest BCUT2D eigenvalue weighted by Gasteiger charge is 2.08. The molecule has 0 fully saturated rings. The number of anilines is 2. The van der Waals surface area contributed by atoms with Crippen molar-refractivity contribution in [1.82, 2.24) is 10.1 Å². The number of H-pyrrole nitrogens is 1. The standard InChI is InChI=1S/C8H8N4O2/c9-5-1-7(10-2-5)8(13)12-6-3-11-14-4-6/h1-4,10H,9H2,(H,12,13). The summed E-state index contributed by atoms with van der Waals surface area (Å²) in [6.45, 7) is 0. The first-order chi connectivity index (χ1) is 6.75. The van der Waals surface area contributed by atoms with Crippen LogP contribution < -0.4 is 11.1 Å². The molecule has 4 N–H and O–H groups in total. The molecular formula is C8H8N4O2. The Balaban J connectivity index is 2.10. The van der Waals surface area contributed by atoms with Gasteiger partial charge in [0, 0.05) is 11.9 Å². The van der Waals surface area contributed by atoms with Crippen molar-refractivity contribution >= 4 is 17.3 Å². The zero-order valence-electron chi connectivity index (χ0n) is 7.15. The van der Waals surface area contributed by atoms with E-state index in [9.17, 15) is 4.79 Å². The molecule has 0 aliphatic rings. The number of aromatic amines is 1. The summed E-state index contributed by atoms with van der Waals surface area (Å²) in [5.41, 5.74) is 6.86. The molecule has 1 amide bonds. The Morgan fingerprint density at radius 2 is 2.50 bits per heavy atom. The molecule has 0 aromatic carbocycles. The second-order valence-corrected chi connectivity index (χ2v) is 2.71. The quantitative estimate of drug-likeness (QED) is 0.656. The van der Waals surface area contributed by atoms with Crippen LogP contribution in [0.3, 0.4) is 0 Å². The fourth-order valence-electron chi connectivity index (χ4n) is 1.01. The summed E-state index contributed by atoms with van der Waals surface area (Å²) in [5.74, 6) is -0.287. The van der Waals surface area contributed by atoms with Crippen molar-refractivity contribution in [3.05, 3.63) is 30.4 Å². The van der Waals surface area contributed by atoms with E-state index in [1.807, 2.05) is 0 Å². The third-order valence-electron chi connectivity index (χ3n) is 1.64. The number of nitrogen functional groups attached to an aromatic ring is 1. The maximum absolute atomic E-state index is 11.5. The Morgan fingerprint density at radius 3 is 3.07 bits per heavy atom. The number of hydrogen-bond donors (Lipinski definition) is 3. The number of nitrogens with two attached hydrogens (primary N) is 1. The molecule has 2 heterocycles. The van der Waals surface area contributed by atoms with E-state index >= 15 is 0 Å². The molecule has 0 aliphatic carbocycles. The summed E-state index contributed by atoms with van der Waals surface area (Å²) in [4.78, 5) is 14.2. The Labute approximate surface area is 79.1 Å². The molecule has 0 atom stereocenters. The maximum atomic E-state index is 11.5. The third kappa shape index (κ3) is 1.58. The van der Waals surface area contributed by atoms with Gasteiger partial charge in [-0.3, -0.25) is 4.79 Å². The number of nitrogens with zero attached hydrogens (tertiary/aromatic N) is 1. The molecule has 0 saturated carbocycles. The molecule has 2 rings (SSSR count). The van der Waals surface area contributed by atoms with E-state index in [1.54, 1.807) is 12.3 Å². The minimum absolute atomic E-state index is 0.287. The minimum atomic E-state index is -0.287. The molecule has 72 valence electrons. The Bertz CT molecular complexity index is 432. The summed E-state index contributed by atoms with van der Waals surface area (Å²) in [6, 6.07) is 1.54. The lowest BCUT2D eigenvalue weighted by Crippen LogP contribution is -2.11. The first-order valence-electron chi connectivity index (χ1n) is 3.90. The molecule has 0 radical (unpaired) electrons. The van der Waals surface area contributed by atoms with Gasteiger partial charge in [0.1, 0.15) is 17.6 Å². The van der Waals surface area contributed by atoms with E-state index in [1.165, 1.54) is 12.5 Å². The normalized spacial score (nSPS) is 10.0. The molecule has 6 heteroatoms. The smallest absolute Gasteiger partial charge is 0.272 e. The van der Waals surface area contributed by atoms with Crippen molar-refractivity contribution in [1.29, 1.82) is 0 Å². The van der Waals surface area contributed by atoms with Gasteiger partial charge in [-0.2, -0.15) is 0 Å². The van der Waals surface area contributed by atoms with Gasteiger partial charge in [-0.05, 0) is 6.07 Å². The van der Waals surface area contributed by atoms with Crippen molar-refractivity contribution < 1.29 is 9.32 Å². The minimum Gasteiger partial charge on any atom is -0.397 e. The molecular weight excluding hydrogens is 184 g/mol. The second-order valence-electron chi connectivity index (χ2n) is 2.71. The lowest BCUT2D eigenvalue weighted by atomic mass is 10.4. The molecule has 0 aliphatic heterocycles. The van der Waals surface area contributed by atoms with Gasteiger partial charge in [0.2, 0.25) is 0 Å². The fourth-order valence-corrected chi connectivity index (χ4v) is 1.01. The molecule has 2 aromatic heterocycles. The van der Waals surface area contributed by atoms with Crippen LogP contribution in [0.5, 0.6) is 0 Å². The largest absolute Gasteiger partial charge is 0.397 e. The Kier molecular flexibility index (Phi) is 1.94. The van der Waals surface area contributed by atoms with Crippen LogP contribution in [-0.4, -0.2) is 16.0 Å². The van der Waals surface area contributed by atoms with Gasteiger partial charge in [-0.1, -0.05) is 5.16 Å². The van der Waals surface area contributed by atoms with Crippen molar-refractivity contribution in [3.8, 4) is 0 Å². The number of carbonyl (C=O) groups is 1. The van der Waals surface area contributed by atoms with E-state index in [2.05, 4.69) is 20.0 Å². The van der Waals surface area contributed by atoms with Crippen molar-refractivity contribution in [2.45, 2.75) is 0 Å². The average Bonchev–Trinajstić information content (AvgIpc) is 2.75. The highest BCUT2D eigenvalue weighted by Crippen LogP contribution is 2.09. The van der Waals surface area contributed by atoms with Gasteiger partial charge in [-0.25, -0.2) is 0 Å². The van der Waals surface area contributed by atoms with E-state index in [0.29, 0.717) is 17.1 Å². The van der Waals surface area contributed by atoms with Gasteiger partial charge < -0.3 is 20.6 Å². The first-order valence-corrected chi connectivity index (χ1v) is 3.90. The fraction of sp³-hybridized carbons (Fsp3) is 0. The van der Waals surface area contributed by atoms with Crippen LogP contribution in [0.2, 0.25) is 0 Å². The summed E-state index contributed by atoms with van der Waals surface area (Å²) in [7, 11) is 0. The van der Waals surface area contributed by atoms with Crippen LogP contribution in [0.15, 0.2) is 29.2 Å². The lowest BCUT2D eigenvalue weighted by Gasteiger charge is -1.97. The van der Waals surface area contributed by atoms with Crippen LogP contribution >= 0.6 is 0 Å². The highest BCUT2D eigenvalue weighted by atomic mass is 16.5. The van der Waals surface area contributed by atoms with E-state index in [0.717, 1.165) is 0 Å². The van der Waals surface area contributed by atoms with Crippen molar-refractivity contribution in [2.75, 3.05) is 11.1 Å². The van der Waals surface area contributed by atoms with Gasteiger partial charge in [0.25, 0.3) is 5.91 Å². The van der Waals surface area contributed by atoms with Gasteiger partial charge in [-0.15, -0.1) is 0 Å². The molecule has 0 bridgehead atoms. The van der Waals surface area contributed by atoms with Crippen molar-refractivity contribution in [2.24, 2.45) is 0 Å². The predicted octanol–water partition coefficient (Wildman–Crippen LogP) is 0.837. The van der Waals surface area contributed by atoms with E-state index < -0.39 is 0 Å². The maximum Gasteiger partial charge on any atom is 0.272 e. The molecule has 0 unspecified atom stereocenters. The Hall–Kier alpha value is -2.24. The van der Waals surface area contributed by atoms with Crippen LogP contribution in [-0.2, 0) is 0 Å². The summed E-state index contributed by atoms with van der Waals surface area (Å²) < 4.78 is 4.56. The first kappa shape index (κ1) is 8.36. The highest BCUT2D eigenvalue weighted by molar-refractivity contribution is 6.03. The van der Waals surface area contributed by atoms with E-state index in [4.69, 9.17) is 5.73 Å².